The van der Waals surface area contributed by atoms with Gasteiger partial charge in [-0.05, 0) is 50.8 Å². The van der Waals surface area contributed by atoms with Crippen LogP contribution in [0.3, 0.4) is 0 Å². The van der Waals surface area contributed by atoms with Crippen molar-refractivity contribution < 1.29 is 4.42 Å². The highest BCUT2D eigenvalue weighted by molar-refractivity contribution is 9.13. The second kappa shape index (κ2) is 7.13. The molecule has 118 valence electrons. The summed E-state index contributed by atoms with van der Waals surface area (Å²) in [6.07, 6.45) is 5.59. The predicted octanol–water partition coefficient (Wildman–Crippen LogP) is 3.36. The molecule has 1 unspecified atom stereocenters. The van der Waals surface area contributed by atoms with Crippen LogP contribution in [0, 0.1) is 0 Å². The fourth-order valence-corrected chi connectivity index (χ4v) is 4.26. The molecule has 6 heteroatoms. The van der Waals surface area contributed by atoms with Crippen LogP contribution in [0.25, 0.3) is 0 Å². The molecule has 1 saturated carbocycles. The molecular weight excluding hydrogens is 398 g/mol. The zero-order valence-corrected chi connectivity index (χ0v) is 15.4. The van der Waals surface area contributed by atoms with Gasteiger partial charge in [0.1, 0.15) is 5.76 Å². The number of hydrogen-bond acceptors (Lipinski definition) is 4. The van der Waals surface area contributed by atoms with Crippen LogP contribution in [0.5, 0.6) is 0 Å². The van der Waals surface area contributed by atoms with Gasteiger partial charge in [-0.15, -0.1) is 0 Å². The summed E-state index contributed by atoms with van der Waals surface area (Å²) in [6, 6.07) is 3.04. The fourth-order valence-electron chi connectivity index (χ4n) is 3.66. The molecule has 2 N–H and O–H groups in total. The Morgan fingerprint density at radius 3 is 2.38 bits per heavy atom. The standard InChI is InChI=1S/C15H23Br2N3O/c16-12-9-14(21-15(12)17)13(10-18)20-7-5-19(6-8-20)11-3-1-2-4-11/h9,11,13H,1-8,10,18H2. The first-order chi connectivity index (χ1) is 10.2. The van der Waals surface area contributed by atoms with Crippen LogP contribution in [0.4, 0.5) is 0 Å². The predicted molar refractivity (Wildman–Crippen MR) is 91.3 cm³/mol. The molecular formula is C15H23Br2N3O. The summed E-state index contributed by atoms with van der Waals surface area (Å²) in [7, 11) is 0. The van der Waals surface area contributed by atoms with E-state index >= 15 is 0 Å². The van der Waals surface area contributed by atoms with E-state index in [1.807, 2.05) is 6.07 Å². The van der Waals surface area contributed by atoms with Crippen molar-refractivity contribution in [2.24, 2.45) is 5.73 Å². The lowest BCUT2D eigenvalue weighted by Crippen LogP contribution is -2.51. The van der Waals surface area contributed by atoms with Crippen LogP contribution in [-0.4, -0.2) is 48.6 Å². The van der Waals surface area contributed by atoms with Gasteiger partial charge in [-0.2, -0.15) is 0 Å². The molecule has 2 heterocycles. The fraction of sp³-hybridized carbons (Fsp3) is 0.733. The van der Waals surface area contributed by atoms with Gasteiger partial charge in [0.15, 0.2) is 4.67 Å². The number of piperazine rings is 1. The quantitative estimate of drug-likeness (QED) is 0.810. The van der Waals surface area contributed by atoms with E-state index in [2.05, 4.69) is 41.7 Å². The summed E-state index contributed by atoms with van der Waals surface area (Å²) in [4.78, 5) is 5.13. The summed E-state index contributed by atoms with van der Waals surface area (Å²) in [5.74, 6) is 0.950. The maximum atomic E-state index is 6.01. The molecule has 2 fully saturated rings. The molecule has 1 aliphatic carbocycles. The van der Waals surface area contributed by atoms with Gasteiger partial charge in [0.2, 0.25) is 0 Å². The molecule has 1 aromatic rings. The monoisotopic (exact) mass is 419 g/mol. The summed E-state index contributed by atoms with van der Waals surface area (Å²) >= 11 is 6.89. The molecule has 3 rings (SSSR count). The van der Waals surface area contributed by atoms with Crippen molar-refractivity contribution >= 4 is 31.9 Å². The van der Waals surface area contributed by atoms with E-state index in [1.165, 1.54) is 25.7 Å². The van der Waals surface area contributed by atoms with E-state index in [-0.39, 0.29) is 6.04 Å². The number of rotatable bonds is 4. The van der Waals surface area contributed by atoms with Crippen LogP contribution < -0.4 is 5.73 Å². The first-order valence-corrected chi connectivity index (χ1v) is 9.40. The van der Waals surface area contributed by atoms with Crippen molar-refractivity contribution in [1.29, 1.82) is 0 Å². The second-order valence-electron chi connectivity index (χ2n) is 6.03. The summed E-state index contributed by atoms with van der Waals surface area (Å²) in [5, 5.41) is 0. The van der Waals surface area contributed by atoms with E-state index < -0.39 is 0 Å². The third-order valence-electron chi connectivity index (χ3n) is 4.85. The first kappa shape index (κ1) is 16.0. The van der Waals surface area contributed by atoms with Crippen molar-refractivity contribution in [3.8, 4) is 0 Å². The number of hydrogen-bond donors (Lipinski definition) is 1. The zero-order chi connectivity index (χ0) is 14.8. The second-order valence-corrected chi connectivity index (χ2v) is 7.61. The van der Waals surface area contributed by atoms with Crippen LogP contribution >= 0.6 is 31.9 Å². The molecule has 0 bridgehead atoms. The SMILES string of the molecule is NCC(c1cc(Br)c(Br)o1)N1CCN(C2CCCC2)CC1. The van der Waals surface area contributed by atoms with E-state index in [0.29, 0.717) is 6.54 Å². The van der Waals surface area contributed by atoms with Crippen LogP contribution in [0.15, 0.2) is 19.6 Å². The van der Waals surface area contributed by atoms with Crippen molar-refractivity contribution in [1.82, 2.24) is 9.80 Å². The molecule has 0 radical (unpaired) electrons. The highest BCUT2D eigenvalue weighted by Gasteiger charge is 2.30. The van der Waals surface area contributed by atoms with Gasteiger partial charge in [0.25, 0.3) is 0 Å². The normalized spacial score (nSPS) is 23.8. The molecule has 0 spiro atoms. The maximum Gasteiger partial charge on any atom is 0.183 e. The molecule has 0 aromatic carbocycles. The number of halogens is 2. The van der Waals surface area contributed by atoms with E-state index in [4.69, 9.17) is 10.2 Å². The van der Waals surface area contributed by atoms with Gasteiger partial charge >= 0.3 is 0 Å². The lowest BCUT2D eigenvalue weighted by Gasteiger charge is -2.40. The van der Waals surface area contributed by atoms with Gasteiger partial charge in [-0.3, -0.25) is 9.80 Å². The molecule has 0 amide bonds. The number of nitrogens with zero attached hydrogens (tertiary/aromatic N) is 2. The van der Waals surface area contributed by atoms with E-state index in [1.54, 1.807) is 0 Å². The van der Waals surface area contributed by atoms with Crippen molar-refractivity contribution in [3.63, 3.8) is 0 Å². The third-order valence-corrected chi connectivity index (χ3v) is 6.56. The number of furan rings is 1. The Labute approximate surface area is 143 Å². The average molecular weight is 421 g/mol. The zero-order valence-electron chi connectivity index (χ0n) is 12.2. The molecule has 1 aromatic heterocycles. The Kier molecular flexibility index (Phi) is 5.43. The Morgan fingerprint density at radius 2 is 1.86 bits per heavy atom. The van der Waals surface area contributed by atoms with E-state index in [9.17, 15) is 0 Å². The van der Waals surface area contributed by atoms with Crippen LogP contribution in [-0.2, 0) is 0 Å². The highest BCUT2D eigenvalue weighted by Crippen LogP contribution is 2.33. The minimum Gasteiger partial charge on any atom is -0.451 e. The Balaban J connectivity index is 1.61. The molecule has 1 aliphatic heterocycles. The Hall–Kier alpha value is 0.120. The lowest BCUT2D eigenvalue weighted by atomic mass is 10.1. The molecule has 4 nitrogen and oxygen atoms in total. The topological polar surface area (TPSA) is 45.6 Å². The molecule has 21 heavy (non-hydrogen) atoms. The molecule has 1 saturated heterocycles. The smallest absolute Gasteiger partial charge is 0.183 e. The van der Waals surface area contributed by atoms with Crippen molar-refractivity contribution in [2.75, 3.05) is 32.7 Å². The van der Waals surface area contributed by atoms with Gasteiger partial charge in [-0.25, -0.2) is 0 Å². The van der Waals surface area contributed by atoms with Crippen LogP contribution in [0.2, 0.25) is 0 Å². The van der Waals surface area contributed by atoms with Gasteiger partial charge < -0.3 is 10.2 Å². The Morgan fingerprint density at radius 1 is 1.19 bits per heavy atom. The minimum atomic E-state index is 0.179. The first-order valence-electron chi connectivity index (χ1n) is 7.82. The Bertz CT molecular complexity index is 446. The lowest BCUT2D eigenvalue weighted by molar-refractivity contribution is 0.0654. The molecule has 2 aliphatic rings. The minimum absolute atomic E-state index is 0.179. The maximum absolute atomic E-state index is 6.01. The van der Waals surface area contributed by atoms with Gasteiger partial charge in [0, 0.05) is 38.8 Å². The van der Waals surface area contributed by atoms with Gasteiger partial charge in [0.05, 0.1) is 10.5 Å². The van der Waals surface area contributed by atoms with Gasteiger partial charge in [-0.1, -0.05) is 12.8 Å². The largest absolute Gasteiger partial charge is 0.451 e. The average Bonchev–Trinajstić information content (AvgIpc) is 3.12. The van der Waals surface area contributed by atoms with Crippen molar-refractivity contribution in [2.45, 2.75) is 37.8 Å². The summed E-state index contributed by atoms with van der Waals surface area (Å²) < 4.78 is 7.49. The highest BCUT2D eigenvalue weighted by atomic mass is 79.9. The summed E-state index contributed by atoms with van der Waals surface area (Å²) in [5.41, 5.74) is 6.01. The number of nitrogens with two attached hydrogens (primary N) is 1. The van der Waals surface area contributed by atoms with Crippen LogP contribution in [0.1, 0.15) is 37.5 Å². The molecule has 1 atom stereocenters. The summed E-state index contributed by atoms with van der Waals surface area (Å²) in [6.45, 7) is 5.06. The third kappa shape index (κ3) is 3.55. The van der Waals surface area contributed by atoms with E-state index in [0.717, 1.165) is 47.1 Å². The van der Waals surface area contributed by atoms with Crippen molar-refractivity contribution in [3.05, 3.63) is 21.0 Å².